The normalized spacial score (nSPS) is 16.4. The van der Waals surface area contributed by atoms with Crippen molar-refractivity contribution < 1.29 is 4.74 Å². The van der Waals surface area contributed by atoms with Crippen molar-refractivity contribution in [3.05, 3.63) is 29.8 Å². The number of fused-ring (bicyclic) bond motifs is 1. The monoisotopic (exact) mass is 148 g/mol. The number of rotatable bonds is 0. The van der Waals surface area contributed by atoms with Crippen molar-refractivity contribution in [2.45, 2.75) is 6.54 Å². The molecule has 0 amide bonds. The van der Waals surface area contributed by atoms with Crippen LogP contribution in [0, 0.1) is 6.07 Å². The highest BCUT2D eigenvalue weighted by atomic mass is 16.5. The summed E-state index contributed by atoms with van der Waals surface area (Å²) in [6.07, 6.45) is 0. The zero-order valence-corrected chi connectivity index (χ0v) is 6.26. The fourth-order valence-electron chi connectivity index (χ4n) is 1.19. The summed E-state index contributed by atoms with van der Waals surface area (Å²) >= 11 is 0. The van der Waals surface area contributed by atoms with E-state index in [-0.39, 0.29) is 0 Å². The summed E-state index contributed by atoms with van der Waals surface area (Å²) in [6.45, 7) is 2.58. The SMILES string of the molecule is [c]1ccc2c(c1)CNCCO2. The number of hydrogen-bond donors (Lipinski definition) is 1. The van der Waals surface area contributed by atoms with Gasteiger partial charge in [-0.25, -0.2) is 0 Å². The second-order valence-corrected chi connectivity index (χ2v) is 2.56. The van der Waals surface area contributed by atoms with Gasteiger partial charge in [-0.05, 0) is 18.2 Å². The highest BCUT2D eigenvalue weighted by molar-refractivity contribution is 5.33. The molecule has 1 aliphatic rings. The van der Waals surface area contributed by atoms with Gasteiger partial charge in [0.25, 0.3) is 0 Å². The molecule has 1 radical (unpaired) electrons. The lowest BCUT2D eigenvalue weighted by atomic mass is 10.2. The molecule has 0 unspecified atom stereocenters. The molecule has 0 atom stereocenters. The van der Waals surface area contributed by atoms with Crippen molar-refractivity contribution >= 4 is 0 Å². The van der Waals surface area contributed by atoms with Crippen molar-refractivity contribution in [1.29, 1.82) is 0 Å². The molecule has 1 aliphatic heterocycles. The minimum atomic E-state index is 0.761. The molecule has 0 aliphatic carbocycles. The molecule has 0 spiro atoms. The summed E-state index contributed by atoms with van der Waals surface area (Å²) < 4.78 is 5.47. The van der Waals surface area contributed by atoms with Crippen LogP contribution in [0.5, 0.6) is 5.75 Å². The first kappa shape index (κ1) is 6.68. The van der Waals surface area contributed by atoms with Crippen LogP contribution in [-0.4, -0.2) is 13.2 Å². The van der Waals surface area contributed by atoms with E-state index in [1.807, 2.05) is 18.2 Å². The van der Waals surface area contributed by atoms with E-state index >= 15 is 0 Å². The van der Waals surface area contributed by atoms with Crippen LogP contribution < -0.4 is 10.1 Å². The third-order valence-corrected chi connectivity index (χ3v) is 1.76. The number of benzene rings is 1. The lowest BCUT2D eigenvalue weighted by Crippen LogP contribution is -2.16. The molecule has 0 bridgehead atoms. The van der Waals surface area contributed by atoms with Crippen LogP contribution in [0.1, 0.15) is 5.56 Å². The van der Waals surface area contributed by atoms with E-state index in [2.05, 4.69) is 11.4 Å². The Morgan fingerprint density at radius 3 is 3.55 bits per heavy atom. The maximum absolute atomic E-state index is 5.47. The third-order valence-electron chi connectivity index (χ3n) is 1.76. The molecule has 11 heavy (non-hydrogen) atoms. The Morgan fingerprint density at radius 2 is 2.55 bits per heavy atom. The molecule has 57 valence electrons. The van der Waals surface area contributed by atoms with E-state index in [1.54, 1.807) is 0 Å². The summed E-state index contributed by atoms with van der Waals surface area (Å²) in [6, 6.07) is 8.83. The first-order valence-electron chi connectivity index (χ1n) is 3.79. The molecule has 2 nitrogen and oxygen atoms in total. The van der Waals surface area contributed by atoms with Crippen LogP contribution in [0.25, 0.3) is 0 Å². The Balaban J connectivity index is 2.33. The van der Waals surface area contributed by atoms with Gasteiger partial charge < -0.3 is 10.1 Å². The van der Waals surface area contributed by atoms with Crippen LogP contribution in [-0.2, 0) is 6.54 Å². The Hall–Kier alpha value is -1.02. The molecule has 1 aromatic carbocycles. The third kappa shape index (κ3) is 1.35. The van der Waals surface area contributed by atoms with Crippen molar-refractivity contribution in [1.82, 2.24) is 5.32 Å². The molecular formula is C9H10NO. The van der Waals surface area contributed by atoms with E-state index in [0.717, 1.165) is 25.4 Å². The summed E-state index contributed by atoms with van der Waals surface area (Å²) in [5.41, 5.74) is 1.20. The van der Waals surface area contributed by atoms with Crippen LogP contribution in [0.4, 0.5) is 0 Å². The second kappa shape index (κ2) is 2.93. The summed E-state index contributed by atoms with van der Waals surface area (Å²) in [5.74, 6) is 0.994. The van der Waals surface area contributed by atoms with Crippen LogP contribution in [0.2, 0.25) is 0 Å². The molecule has 2 heteroatoms. The van der Waals surface area contributed by atoms with Gasteiger partial charge in [0, 0.05) is 18.7 Å². The molecule has 1 aromatic rings. The largest absolute Gasteiger partial charge is 0.492 e. The fourth-order valence-corrected chi connectivity index (χ4v) is 1.19. The van der Waals surface area contributed by atoms with E-state index < -0.39 is 0 Å². The molecule has 0 saturated heterocycles. The Labute approximate surface area is 66.2 Å². The predicted octanol–water partition coefficient (Wildman–Crippen LogP) is 0.969. The van der Waals surface area contributed by atoms with Gasteiger partial charge in [-0.1, -0.05) is 6.07 Å². The van der Waals surface area contributed by atoms with Gasteiger partial charge in [-0.3, -0.25) is 0 Å². The molecule has 0 aromatic heterocycles. The predicted molar refractivity (Wildman–Crippen MR) is 42.5 cm³/mol. The van der Waals surface area contributed by atoms with Crippen LogP contribution >= 0.6 is 0 Å². The second-order valence-electron chi connectivity index (χ2n) is 2.56. The minimum Gasteiger partial charge on any atom is -0.492 e. The summed E-state index contributed by atoms with van der Waals surface area (Å²) in [7, 11) is 0. The number of hydrogen-bond acceptors (Lipinski definition) is 2. The Morgan fingerprint density at radius 1 is 1.55 bits per heavy atom. The van der Waals surface area contributed by atoms with Crippen molar-refractivity contribution in [3.63, 3.8) is 0 Å². The Bertz CT molecular complexity index is 222. The van der Waals surface area contributed by atoms with Crippen molar-refractivity contribution in [2.24, 2.45) is 0 Å². The average molecular weight is 148 g/mol. The van der Waals surface area contributed by atoms with E-state index in [0.29, 0.717) is 0 Å². The summed E-state index contributed by atoms with van der Waals surface area (Å²) in [4.78, 5) is 0. The average Bonchev–Trinajstić information content (AvgIpc) is 2.28. The molecular weight excluding hydrogens is 138 g/mol. The fraction of sp³-hybridized carbons (Fsp3) is 0.333. The zero-order chi connectivity index (χ0) is 7.52. The number of nitrogens with one attached hydrogen (secondary N) is 1. The van der Waals surface area contributed by atoms with E-state index in [1.165, 1.54) is 5.56 Å². The summed E-state index contributed by atoms with van der Waals surface area (Å²) in [5, 5.41) is 3.26. The highest BCUT2D eigenvalue weighted by Crippen LogP contribution is 2.18. The zero-order valence-electron chi connectivity index (χ0n) is 6.26. The first-order valence-corrected chi connectivity index (χ1v) is 3.79. The van der Waals surface area contributed by atoms with Gasteiger partial charge in [0.1, 0.15) is 12.4 Å². The molecule has 1 heterocycles. The van der Waals surface area contributed by atoms with E-state index in [9.17, 15) is 0 Å². The van der Waals surface area contributed by atoms with Crippen molar-refractivity contribution in [3.8, 4) is 5.75 Å². The lowest BCUT2D eigenvalue weighted by molar-refractivity contribution is 0.326. The van der Waals surface area contributed by atoms with Gasteiger partial charge in [0.15, 0.2) is 0 Å². The van der Waals surface area contributed by atoms with E-state index in [4.69, 9.17) is 4.74 Å². The van der Waals surface area contributed by atoms with Crippen molar-refractivity contribution in [2.75, 3.05) is 13.2 Å². The molecule has 1 N–H and O–H groups in total. The smallest absolute Gasteiger partial charge is 0.123 e. The highest BCUT2D eigenvalue weighted by Gasteiger charge is 2.05. The topological polar surface area (TPSA) is 21.3 Å². The standard InChI is InChI=1S/C9H10NO/c1-2-4-9-8(3-1)7-10-5-6-11-9/h2-4,10H,5-7H2. The lowest BCUT2D eigenvalue weighted by Gasteiger charge is -2.03. The number of ether oxygens (including phenoxy) is 1. The van der Waals surface area contributed by atoms with Gasteiger partial charge in [0.05, 0.1) is 0 Å². The van der Waals surface area contributed by atoms with Gasteiger partial charge in [-0.2, -0.15) is 0 Å². The molecule has 0 fully saturated rings. The molecule has 2 rings (SSSR count). The Kier molecular flexibility index (Phi) is 1.78. The quantitative estimate of drug-likeness (QED) is 0.592. The van der Waals surface area contributed by atoms with Gasteiger partial charge in [0.2, 0.25) is 0 Å². The van der Waals surface area contributed by atoms with Crippen LogP contribution in [0.3, 0.4) is 0 Å². The van der Waals surface area contributed by atoms with Gasteiger partial charge >= 0.3 is 0 Å². The maximum Gasteiger partial charge on any atom is 0.123 e. The van der Waals surface area contributed by atoms with Crippen LogP contribution in [0.15, 0.2) is 18.2 Å². The minimum absolute atomic E-state index is 0.761. The molecule has 0 saturated carbocycles. The first-order chi connectivity index (χ1) is 5.47. The van der Waals surface area contributed by atoms with Gasteiger partial charge in [-0.15, -0.1) is 0 Å². The maximum atomic E-state index is 5.47.